The van der Waals surface area contributed by atoms with Gasteiger partial charge in [-0.15, -0.1) is 0 Å². The van der Waals surface area contributed by atoms with Crippen molar-refractivity contribution in [3.8, 4) is 0 Å². The van der Waals surface area contributed by atoms with Crippen LogP contribution in [0.5, 0.6) is 0 Å². The molecule has 0 aromatic heterocycles. The van der Waals surface area contributed by atoms with Gasteiger partial charge in [0.15, 0.2) is 0 Å². The van der Waals surface area contributed by atoms with Gasteiger partial charge >= 0.3 is 34.2 Å². The van der Waals surface area contributed by atoms with Crippen LogP contribution in [0.3, 0.4) is 0 Å². The summed E-state index contributed by atoms with van der Waals surface area (Å²) in [6, 6.07) is 3.15. The summed E-state index contributed by atoms with van der Waals surface area (Å²) in [5.41, 5.74) is 0. The SMILES string of the molecule is C=COCCC[Si]1(C)O[Si](C)(CCCOC=C)O[Si](C)(CCCOC=C)O[Si](C)(CCCOC=C)O1. The monoisotopic (exact) mass is 576 g/mol. The molecule has 0 unspecified atom stereocenters. The molecule has 1 aliphatic rings. The molecule has 0 amide bonds. The van der Waals surface area contributed by atoms with Crippen molar-refractivity contribution in [2.45, 2.75) is 76.0 Å². The van der Waals surface area contributed by atoms with Gasteiger partial charge < -0.3 is 35.4 Å². The fourth-order valence-electron chi connectivity index (χ4n) is 4.56. The van der Waals surface area contributed by atoms with Gasteiger partial charge in [-0.25, -0.2) is 0 Å². The molecule has 0 saturated carbocycles. The third-order valence-corrected chi connectivity index (χ3v) is 24.6. The van der Waals surface area contributed by atoms with E-state index in [0.717, 1.165) is 49.9 Å². The Balaban J connectivity index is 3.22. The third-order valence-electron chi connectivity index (χ3n) is 5.77. The summed E-state index contributed by atoms with van der Waals surface area (Å²) in [4.78, 5) is 0. The molecule has 1 heterocycles. The summed E-state index contributed by atoms with van der Waals surface area (Å²) in [6.07, 6.45) is 9.15. The first-order valence-corrected chi connectivity index (χ1v) is 22.9. The van der Waals surface area contributed by atoms with Gasteiger partial charge in [-0.1, -0.05) is 26.3 Å². The topological polar surface area (TPSA) is 73.8 Å². The minimum absolute atomic E-state index is 0.577. The molecule has 1 rings (SSSR count). The Kier molecular flexibility index (Phi) is 15.2. The van der Waals surface area contributed by atoms with E-state index in [2.05, 4.69) is 52.5 Å². The number of ether oxygens (including phenoxy) is 4. The van der Waals surface area contributed by atoms with Crippen molar-refractivity contribution in [1.29, 1.82) is 0 Å². The zero-order valence-electron chi connectivity index (χ0n) is 22.9. The number of hydrogen-bond donors (Lipinski definition) is 0. The van der Waals surface area contributed by atoms with Crippen molar-refractivity contribution in [2.24, 2.45) is 0 Å². The Bertz CT molecular complexity index is 559. The van der Waals surface area contributed by atoms with Crippen LogP contribution in [0.15, 0.2) is 51.4 Å². The lowest BCUT2D eigenvalue weighted by atomic mass is 10.5. The number of rotatable bonds is 20. The zero-order chi connectivity index (χ0) is 27.0. The van der Waals surface area contributed by atoms with Crippen LogP contribution < -0.4 is 0 Å². The minimum atomic E-state index is -2.66. The summed E-state index contributed by atoms with van der Waals surface area (Å²) < 4.78 is 49.7. The van der Waals surface area contributed by atoms with Crippen LogP contribution in [-0.4, -0.2) is 60.7 Å². The Hall–Kier alpha value is -1.13. The molecular formula is C24H48O8Si4. The molecule has 208 valence electrons. The van der Waals surface area contributed by atoms with E-state index < -0.39 is 34.2 Å². The molecule has 0 bridgehead atoms. The van der Waals surface area contributed by atoms with Crippen molar-refractivity contribution < 1.29 is 35.4 Å². The van der Waals surface area contributed by atoms with Crippen LogP contribution in [0.4, 0.5) is 0 Å². The molecular weight excluding hydrogens is 529 g/mol. The summed E-state index contributed by atoms with van der Waals surface area (Å²) >= 11 is 0. The number of hydrogen-bond acceptors (Lipinski definition) is 8. The van der Waals surface area contributed by atoms with Crippen LogP contribution in [-0.2, 0) is 35.4 Å². The Morgan fingerprint density at radius 2 is 0.639 bits per heavy atom. The van der Waals surface area contributed by atoms with E-state index >= 15 is 0 Å². The van der Waals surface area contributed by atoms with E-state index in [-0.39, 0.29) is 0 Å². The van der Waals surface area contributed by atoms with Crippen molar-refractivity contribution in [3.63, 3.8) is 0 Å². The maximum atomic E-state index is 7.04. The molecule has 36 heavy (non-hydrogen) atoms. The van der Waals surface area contributed by atoms with Gasteiger partial charge in [0.1, 0.15) is 0 Å². The molecule has 0 radical (unpaired) electrons. The van der Waals surface area contributed by atoms with Crippen LogP contribution in [0.2, 0.25) is 50.4 Å². The van der Waals surface area contributed by atoms with E-state index in [4.69, 9.17) is 35.4 Å². The van der Waals surface area contributed by atoms with Gasteiger partial charge in [-0.3, -0.25) is 0 Å². The van der Waals surface area contributed by atoms with Crippen molar-refractivity contribution in [2.75, 3.05) is 26.4 Å². The largest absolute Gasteiger partial charge is 0.502 e. The summed E-state index contributed by atoms with van der Waals surface area (Å²) in [6.45, 7) is 25.4. The molecule has 0 spiro atoms. The van der Waals surface area contributed by atoms with Crippen molar-refractivity contribution in [1.82, 2.24) is 0 Å². The predicted octanol–water partition coefficient (Wildman–Crippen LogP) is 6.56. The van der Waals surface area contributed by atoms with Crippen LogP contribution in [0, 0.1) is 0 Å². The first-order chi connectivity index (χ1) is 17.1. The highest BCUT2D eigenvalue weighted by Gasteiger charge is 2.56. The fourth-order valence-corrected chi connectivity index (χ4v) is 27.8. The predicted molar refractivity (Wildman–Crippen MR) is 153 cm³/mol. The van der Waals surface area contributed by atoms with E-state index in [0.29, 0.717) is 26.4 Å². The zero-order valence-corrected chi connectivity index (χ0v) is 26.9. The van der Waals surface area contributed by atoms with Gasteiger partial charge in [0.2, 0.25) is 0 Å². The molecule has 0 N–H and O–H groups in total. The lowest BCUT2D eigenvalue weighted by molar-refractivity contribution is 0.200. The van der Waals surface area contributed by atoms with Crippen LogP contribution in [0.1, 0.15) is 25.7 Å². The fraction of sp³-hybridized carbons (Fsp3) is 0.667. The van der Waals surface area contributed by atoms with E-state index in [9.17, 15) is 0 Å². The molecule has 12 heteroatoms. The maximum absolute atomic E-state index is 7.04. The smallest absolute Gasteiger partial charge is 0.317 e. The Morgan fingerprint density at radius 1 is 0.444 bits per heavy atom. The average molecular weight is 577 g/mol. The second-order valence-electron chi connectivity index (χ2n) is 9.51. The molecule has 0 atom stereocenters. The molecule has 0 aliphatic carbocycles. The second-order valence-corrected chi connectivity index (χ2v) is 23.8. The lowest BCUT2D eigenvalue weighted by Gasteiger charge is -2.50. The highest BCUT2D eigenvalue weighted by atomic mass is 28.5. The van der Waals surface area contributed by atoms with E-state index in [1.54, 1.807) is 0 Å². The molecule has 1 aliphatic heterocycles. The molecule has 1 saturated heterocycles. The van der Waals surface area contributed by atoms with Gasteiger partial charge in [0, 0.05) is 0 Å². The third kappa shape index (κ3) is 12.9. The molecule has 0 aromatic carbocycles. The Morgan fingerprint density at radius 3 is 0.806 bits per heavy atom. The van der Waals surface area contributed by atoms with E-state index in [1.807, 2.05) is 0 Å². The molecule has 1 fully saturated rings. The second kappa shape index (κ2) is 16.7. The highest BCUT2D eigenvalue weighted by molar-refractivity contribution is 6.93. The average Bonchev–Trinajstić information content (AvgIpc) is 2.79. The lowest BCUT2D eigenvalue weighted by Crippen LogP contribution is -2.67. The summed E-state index contributed by atoms with van der Waals surface area (Å²) in [5.74, 6) is 0. The van der Waals surface area contributed by atoms with Crippen LogP contribution >= 0.6 is 0 Å². The van der Waals surface area contributed by atoms with Gasteiger partial charge in [-0.2, -0.15) is 0 Å². The Labute approximate surface area is 223 Å². The first-order valence-electron chi connectivity index (χ1n) is 12.8. The standard InChI is InChI=1S/C24H48O8Si4/c1-9-25-17-13-21-33(5)29-34(6,22-14-18-26-10-2)31-36(8,24-16-20-28-12-4)32-35(7,30-33)23-15-19-27-11-3/h9-12H,1-4,13-24H2,5-8H3. The van der Waals surface area contributed by atoms with Gasteiger partial charge in [0.05, 0.1) is 51.5 Å². The quantitative estimate of drug-likeness (QED) is 0.0917. The van der Waals surface area contributed by atoms with Gasteiger partial charge in [-0.05, 0) is 76.0 Å². The minimum Gasteiger partial charge on any atom is -0.502 e. The summed E-state index contributed by atoms with van der Waals surface area (Å²) in [7, 11) is -10.6. The molecule has 8 nitrogen and oxygen atoms in total. The van der Waals surface area contributed by atoms with Crippen molar-refractivity contribution in [3.05, 3.63) is 51.4 Å². The normalized spacial score (nSPS) is 30.3. The highest BCUT2D eigenvalue weighted by Crippen LogP contribution is 2.38. The summed E-state index contributed by atoms with van der Waals surface area (Å²) in [5, 5.41) is 0. The first kappa shape index (κ1) is 32.9. The van der Waals surface area contributed by atoms with Crippen molar-refractivity contribution >= 4 is 34.2 Å². The molecule has 0 aromatic rings. The van der Waals surface area contributed by atoms with Gasteiger partial charge in [0.25, 0.3) is 0 Å². The van der Waals surface area contributed by atoms with E-state index in [1.165, 1.54) is 25.0 Å². The van der Waals surface area contributed by atoms with Crippen LogP contribution in [0.25, 0.3) is 0 Å². The maximum Gasteiger partial charge on any atom is 0.317 e.